The Labute approximate surface area is 172 Å². The van der Waals surface area contributed by atoms with Crippen LogP contribution in [0.4, 0.5) is 0 Å². The van der Waals surface area contributed by atoms with Gasteiger partial charge >= 0.3 is 0 Å². The molecule has 1 aromatic carbocycles. The van der Waals surface area contributed by atoms with Gasteiger partial charge in [-0.25, -0.2) is 4.98 Å². The molecule has 2 aliphatic rings. The highest BCUT2D eigenvalue weighted by Crippen LogP contribution is 2.22. The summed E-state index contributed by atoms with van der Waals surface area (Å²) in [5, 5.41) is 3.63. The van der Waals surface area contributed by atoms with Crippen molar-refractivity contribution in [3.63, 3.8) is 0 Å². The number of aryl methyl sites for hydroxylation is 1. The van der Waals surface area contributed by atoms with E-state index in [0.717, 1.165) is 44.6 Å². The third kappa shape index (κ3) is 4.22. The topological polar surface area (TPSA) is 67.2 Å². The van der Waals surface area contributed by atoms with E-state index in [0.29, 0.717) is 35.1 Å². The SMILES string of the molecule is C[C@@H]1CCC[C@@H](C)N1CCCNC(=O)c1ccc2c(=O)n3c(nc2c1)CCCC3. The zero-order chi connectivity index (χ0) is 20.4. The molecule has 2 atom stereocenters. The number of carbonyl (C=O) groups is 1. The smallest absolute Gasteiger partial charge is 0.261 e. The fourth-order valence-electron chi connectivity index (χ4n) is 4.86. The second-order valence-electron chi connectivity index (χ2n) is 8.65. The molecule has 0 spiro atoms. The highest BCUT2D eigenvalue weighted by molar-refractivity contribution is 5.97. The Hall–Kier alpha value is -2.21. The Morgan fingerprint density at radius 2 is 1.97 bits per heavy atom. The minimum Gasteiger partial charge on any atom is -0.352 e. The van der Waals surface area contributed by atoms with Crippen molar-refractivity contribution in [2.24, 2.45) is 0 Å². The number of aromatic nitrogens is 2. The molecule has 0 unspecified atom stereocenters. The van der Waals surface area contributed by atoms with Gasteiger partial charge in [-0.3, -0.25) is 19.1 Å². The van der Waals surface area contributed by atoms with Crippen LogP contribution in [0.5, 0.6) is 0 Å². The van der Waals surface area contributed by atoms with Gasteiger partial charge in [0.15, 0.2) is 0 Å². The molecule has 0 aliphatic carbocycles. The molecular formula is C23H32N4O2. The first-order chi connectivity index (χ1) is 14.0. The number of carbonyl (C=O) groups excluding carboxylic acids is 1. The highest BCUT2D eigenvalue weighted by atomic mass is 16.1. The Balaban J connectivity index is 1.39. The first-order valence-corrected chi connectivity index (χ1v) is 11.1. The quantitative estimate of drug-likeness (QED) is 0.789. The molecule has 2 aliphatic heterocycles. The number of nitrogens with one attached hydrogen (secondary N) is 1. The van der Waals surface area contributed by atoms with E-state index in [1.54, 1.807) is 22.8 Å². The molecule has 1 fully saturated rings. The van der Waals surface area contributed by atoms with Crippen LogP contribution in [0.1, 0.15) is 68.6 Å². The molecule has 0 saturated carbocycles. The summed E-state index contributed by atoms with van der Waals surface area (Å²) in [6.45, 7) is 7.03. The van der Waals surface area contributed by atoms with Gasteiger partial charge in [0.1, 0.15) is 5.82 Å². The minimum absolute atomic E-state index is 0.0152. The van der Waals surface area contributed by atoms with E-state index in [1.807, 2.05) is 0 Å². The number of hydrogen-bond acceptors (Lipinski definition) is 4. The molecule has 0 radical (unpaired) electrons. The van der Waals surface area contributed by atoms with Gasteiger partial charge in [-0.05, 0) is 64.2 Å². The maximum Gasteiger partial charge on any atom is 0.261 e. The molecular weight excluding hydrogens is 364 g/mol. The number of piperidine rings is 1. The zero-order valence-electron chi connectivity index (χ0n) is 17.6. The number of benzene rings is 1. The summed E-state index contributed by atoms with van der Waals surface area (Å²) in [6.07, 6.45) is 7.71. The van der Waals surface area contributed by atoms with Gasteiger partial charge in [-0.2, -0.15) is 0 Å². The molecule has 4 rings (SSSR count). The van der Waals surface area contributed by atoms with Crippen molar-refractivity contribution in [2.45, 2.75) is 77.4 Å². The van der Waals surface area contributed by atoms with Crippen LogP contribution in [0.3, 0.4) is 0 Å². The Morgan fingerprint density at radius 3 is 2.76 bits per heavy atom. The molecule has 6 nitrogen and oxygen atoms in total. The van der Waals surface area contributed by atoms with Gasteiger partial charge in [-0.1, -0.05) is 6.42 Å². The molecule has 1 amide bonds. The predicted octanol–water partition coefficient (Wildman–Crippen LogP) is 3.12. The number of likely N-dealkylation sites (tertiary alicyclic amines) is 1. The third-order valence-electron chi connectivity index (χ3n) is 6.58. The lowest BCUT2D eigenvalue weighted by Crippen LogP contribution is -2.44. The lowest BCUT2D eigenvalue weighted by atomic mass is 9.97. The van der Waals surface area contributed by atoms with Crippen LogP contribution >= 0.6 is 0 Å². The third-order valence-corrected chi connectivity index (χ3v) is 6.58. The fraction of sp³-hybridized carbons (Fsp3) is 0.609. The summed E-state index contributed by atoms with van der Waals surface area (Å²) in [4.78, 5) is 32.5. The predicted molar refractivity (Wildman–Crippen MR) is 115 cm³/mol. The molecule has 156 valence electrons. The number of rotatable bonds is 5. The minimum atomic E-state index is -0.0914. The first-order valence-electron chi connectivity index (χ1n) is 11.1. The largest absolute Gasteiger partial charge is 0.352 e. The molecule has 1 aromatic heterocycles. The van der Waals surface area contributed by atoms with Gasteiger partial charge in [0, 0.05) is 43.7 Å². The van der Waals surface area contributed by atoms with E-state index < -0.39 is 0 Å². The Bertz CT molecular complexity index is 942. The van der Waals surface area contributed by atoms with E-state index in [-0.39, 0.29) is 11.5 Å². The summed E-state index contributed by atoms with van der Waals surface area (Å²) in [6, 6.07) is 6.51. The molecule has 29 heavy (non-hydrogen) atoms. The van der Waals surface area contributed by atoms with E-state index in [2.05, 4.69) is 29.0 Å². The summed E-state index contributed by atoms with van der Waals surface area (Å²) in [5.41, 5.74) is 1.22. The normalized spacial score (nSPS) is 22.4. The average Bonchev–Trinajstić information content (AvgIpc) is 2.72. The standard InChI is InChI=1S/C23H32N4O2/c1-16-7-5-8-17(2)26(16)14-6-12-24-22(28)18-10-11-19-20(15-18)25-21-9-3-4-13-27(21)23(19)29/h10-11,15-17H,3-9,12-14H2,1-2H3,(H,24,28)/t16-,17-/m1/s1. The van der Waals surface area contributed by atoms with Crippen molar-refractivity contribution in [2.75, 3.05) is 13.1 Å². The maximum absolute atomic E-state index is 12.7. The van der Waals surface area contributed by atoms with Crippen molar-refractivity contribution in [1.82, 2.24) is 19.8 Å². The number of fused-ring (bicyclic) bond motifs is 2. The molecule has 2 aromatic rings. The van der Waals surface area contributed by atoms with Gasteiger partial charge < -0.3 is 5.32 Å². The van der Waals surface area contributed by atoms with Gasteiger partial charge in [0.2, 0.25) is 0 Å². The van der Waals surface area contributed by atoms with Gasteiger partial charge in [0.25, 0.3) is 11.5 Å². The number of nitrogens with zero attached hydrogens (tertiary/aromatic N) is 3. The first kappa shape index (κ1) is 20.1. The van der Waals surface area contributed by atoms with Crippen molar-refractivity contribution < 1.29 is 4.79 Å². The maximum atomic E-state index is 12.7. The van der Waals surface area contributed by atoms with Crippen LogP contribution in [0.15, 0.2) is 23.0 Å². The fourth-order valence-corrected chi connectivity index (χ4v) is 4.86. The van der Waals surface area contributed by atoms with Crippen molar-refractivity contribution >= 4 is 16.8 Å². The summed E-state index contributed by atoms with van der Waals surface area (Å²) in [5.74, 6) is 0.752. The van der Waals surface area contributed by atoms with E-state index in [4.69, 9.17) is 0 Å². The Kier molecular flexibility index (Phi) is 5.99. The summed E-state index contributed by atoms with van der Waals surface area (Å²) in [7, 11) is 0. The van der Waals surface area contributed by atoms with Crippen LogP contribution in [0.25, 0.3) is 10.9 Å². The van der Waals surface area contributed by atoms with Crippen LogP contribution in [0.2, 0.25) is 0 Å². The molecule has 1 saturated heterocycles. The average molecular weight is 397 g/mol. The van der Waals surface area contributed by atoms with Crippen molar-refractivity contribution in [3.05, 3.63) is 39.9 Å². The van der Waals surface area contributed by atoms with E-state index >= 15 is 0 Å². The molecule has 1 N–H and O–H groups in total. The lowest BCUT2D eigenvalue weighted by molar-refractivity contribution is 0.0925. The van der Waals surface area contributed by atoms with Gasteiger partial charge in [0.05, 0.1) is 10.9 Å². The Morgan fingerprint density at radius 1 is 1.17 bits per heavy atom. The van der Waals surface area contributed by atoms with Crippen LogP contribution < -0.4 is 10.9 Å². The van der Waals surface area contributed by atoms with Crippen LogP contribution in [0, 0.1) is 0 Å². The van der Waals surface area contributed by atoms with E-state index in [9.17, 15) is 9.59 Å². The summed E-state index contributed by atoms with van der Waals surface area (Å²) < 4.78 is 1.79. The monoisotopic (exact) mass is 396 g/mol. The lowest BCUT2D eigenvalue weighted by Gasteiger charge is -2.39. The van der Waals surface area contributed by atoms with Crippen LogP contribution in [-0.2, 0) is 13.0 Å². The molecule has 6 heteroatoms. The zero-order valence-corrected chi connectivity index (χ0v) is 17.6. The highest BCUT2D eigenvalue weighted by Gasteiger charge is 2.23. The van der Waals surface area contributed by atoms with Gasteiger partial charge in [-0.15, -0.1) is 0 Å². The second kappa shape index (κ2) is 8.66. The second-order valence-corrected chi connectivity index (χ2v) is 8.65. The van der Waals surface area contributed by atoms with Crippen molar-refractivity contribution in [3.8, 4) is 0 Å². The number of amides is 1. The van der Waals surface area contributed by atoms with Crippen LogP contribution in [-0.4, -0.2) is 45.5 Å². The van der Waals surface area contributed by atoms with E-state index in [1.165, 1.54) is 19.3 Å². The molecule has 0 bridgehead atoms. The number of hydrogen-bond donors (Lipinski definition) is 1. The van der Waals surface area contributed by atoms with Crippen molar-refractivity contribution in [1.29, 1.82) is 0 Å². The molecule has 3 heterocycles. The summed E-state index contributed by atoms with van der Waals surface area (Å²) >= 11 is 0.